The number of ether oxygens (including phenoxy) is 1. The highest BCUT2D eigenvalue weighted by Gasteiger charge is 2.35. The second-order valence-corrected chi connectivity index (χ2v) is 6.96. The summed E-state index contributed by atoms with van der Waals surface area (Å²) >= 11 is 0. The fourth-order valence-corrected chi connectivity index (χ4v) is 2.84. The van der Waals surface area contributed by atoms with Crippen LogP contribution in [-0.2, 0) is 14.6 Å². The van der Waals surface area contributed by atoms with Crippen molar-refractivity contribution in [2.75, 3.05) is 26.2 Å². The number of methoxy groups -OCH3 is 1. The average molecular weight is 249 g/mol. The van der Waals surface area contributed by atoms with E-state index in [4.69, 9.17) is 4.74 Å². The van der Waals surface area contributed by atoms with E-state index < -0.39 is 9.84 Å². The minimum absolute atomic E-state index is 0.240. The van der Waals surface area contributed by atoms with Crippen LogP contribution in [0, 0.1) is 5.92 Å². The highest BCUT2D eigenvalue weighted by molar-refractivity contribution is 7.90. The van der Waals surface area contributed by atoms with Crippen molar-refractivity contribution in [2.24, 2.45) is 5.92 Å². The first kappa shape index (κ1) is 13.9. The number of hydrogen-bond acceptors (Lipinski definition) is 4. The van der Waals surface area contributed by atoms with Crippen molar-refractivity contribution >= 4 is 9.84 Å². The highest BCUT2D eigenvalue weighted by atomic mass is 32.2. The molecule has 2 unspecified atom stereocenters. The Bertz CT molecular complexity index is 298. The van der Waals surface area contributed by atoms with E-state index in [1.807, 2.05) is 7.05 Å². The predicted molar refractivity (Wildman–Crippen MR) is 65.3 cm³/mol. The van der Waals surface area contributed by atoms with Crippen LogP contribution < -0.4 is 5.32 Å². The van der Waals surface area contributed by atoms with E-state index in [1.165, 1.54) is 19.1 Å². The van der Waals surface area contributed by atoms with Crippen molar-refractivity contribution < 1.29 is 13.2 Å². The van der Waals surface area contributed by atoms with Gasteiger partial charge in [-0.25, -0.2) is 8.42 Å². The maximum atomic E-state index is 11.0. The van der Waals surface area contributed by atoms with E-state index in [2.05, 4.69) is 5.32 Å². The molecule has 96 valence electrons. The third-order valence-electron chi connectivity index (χ3n) is 3.16. The van der Waals surface area contributed by atoms with Crippen molar-refractivity contribution in [3.63, 3.8) is 0 Å². The molecule has 4 nitrogen and oxygen atoms in total. The maximum absolute atomic E-state index is 11.0. The largest absolute Gasteiger partial charge is 0.380 e. The molecule has 5 heteroatoms. The minimum Gasteiger partial charge on any atom is -0.380 e. The van der Waals surface area contributed by atoms with Crippen molar-refractivity contribution in [3.8, 4) is 0 Å². The lowest BCUT2D eigenvalue weighted by molar-refractivity contribution is 0.0506. The van der Waals surface area contributed by atoms with Crippen LogP contribution in [0.25, 0.3) is 0 Å². The Morgan fingerprint density at radius 1 is 1.44 bits per heavy atom. The van der Waals surface area contributed by atoms with Crippen LogP contribution in [0.5, 0.6) is 0 Å². The van der Waals surface area contributed by atoms with E-state index in [0.29, 0.717) is 12.3 Å². The summed E-state index contributed by atoms with van der Waals surface area (Å²) in [5.41, 5.74) is 0. The number of nitrogens with one attached hydrogen (secondary N) is 1. The van der Waals surface area contributed by atoms with Gasteiger partial charge >= 0.3 is 0 Å². The Hall–Kier alpha value is -0.130. The number of sulfone groups is 1. The summed E-state index contributed by atoms with van der Waals surface area (Å²) in [6, 6.07) is 0.277. The highest BCUT2D eigenvalue weighted by Crippen LogP contribution is 2.36. The predicted octanol–water partition coefficient (Wildman–Crippen LogP) is 0.824. The lowest BCUT2D eigenvalue weighted by atomic mass is 10.0. The lowest BCUT2D eigenvalue weighted by Crippen LogP contribution is -2.40. The van der Waals surface area contributed by atoms with Gasteiger partial charge in [-0.3, -0.25) is 0 Å². The third kappa shape index (κ3) is 4.80. The van der Waals surface area contributed by atoms with Gasteiger partial charge in [-0.2, -0.15) is 0 Å². The molecule has 1 fully saturated rings. The van der Waals surface area contributed by atoms with Crippen LogP contribution in [-0.4, -0.2) is 46.7 Å². The molecule has 1 aliphatic carbocycles. The molecule has 1 N–H and O–H groups in total. The van der Waals surface area contributed by atoms with Gasteiger partial charge in [-0.05, 0) is 38.6 Å². The van der Waals surface area contributed by atoms with Crippen LogP contribution in [0.2, 0.25) is 0 Å². The Morgan fingerprint density at radius 2 is 2.06 bits per heavy atom. The first-order chi connectivity index (χ1) is 7.48. The zero-order valence-corrected chi connectivity index (χ0v) is 11.2. The minimum atomic E-state index is -2.83. The summed E-state index contributed by atoms with van der Waals surface area (Å²) in [5, 5.41) is 3.24. The zero-order chi connectivity index (χ0) is 12.2. The molecule has 0 radical (unpaired) electrons. The Morgan fingerprint density at radius 3 is 2.44 bits per heavy atom. The van der Waals surface area contributed by atoms with Gasteiger partial charge in [-0.15, -0.1) is 0 Å². The molecule has 0 heterocycles. The summed E-state index contributed by atoms with van der Waals surface area (Å²) in [7, 11) is 0.823. The fourth-order valence-electron chi connectivity index (χ4n) is 2.15. The molecular weight excluding hydrogens is 226 g/mol. The maximum Gasteiger partial charge on any atom is 0.147 e. The summed E-state index contributed by atoms with van der Waals surface area (Å²) in [6.45, 7) is 0. The second kappa shape index (κ2) is 5.98. The Balaban J connectivity index is 2.35. The van der Waals surface area contributed by atoms with Gasteiger partial charge in [-0.1, -0.05) is 0 Å². The average Bonchev–Trinajstić information content (AvgIpc) is 2.98. The molecule has 0 aromatic rings. The van der Waals surface area contributed by atoms with E-state index in [-0.39, 0.29) is 17.9 Å². The molecule has 1 rings (SSSR count). The van der Waals surface area contributed by atoms with Crippen molar-refractivity contribution in [3.05, 3.63) is 0 Å². The van der Waals surface area contributed by atoms with Crippen molar-refractivity contribution in [1.82, 2.24) is 5.32 Å². The van der Waals surface area contributed by atoms with Gasteiger partial charge in [0.2, 0.25) is 0 Å². The van der Waals surface area contributed by atoms with Crippen LogP contribution in [0.15, 0.2) is 0 Å². The molecule has 0 bridgehead atoms. The summed E-state index contributed by atoms with van der Waals surface area (Å²) in [4.78, 5) is 0. The Kier molecular flexibility index (Phi) is 5.21. The molecule has 1 saturated carbocycles. The van der Waals surface area contributed by atoms with E-state index in [0.717, 1.165) is 6.42 Å². The van der Waals surface area contributed by atoms with Gasteiger partial charge in [0.15, 0.2) is 0 Å². The fraction of sp³-hybridized carbons (Fsp3) is 1.00. The van der Waals surface area contributed by atoms with Crippen LogP contribution >= 0.6 is 0 Å². The molecule has 0 amide bonds. The van der Waals surface area contributed by atoms with Gasteiger partial charge < -0.3 is 10.1 Å². The van der Waals surface area contributed by atoms with Crippen LogP contribution in [0.1, 0.15) is 25.7 Å². The smallest absolute Gasteiger partial charge is 0.147 e. The van der Waals surface area contributed by atoms with Crippen molar-refractivity contribution in [2.45, 2.75) is 37.8 Å². The summed E-state index contributed by atoms with van der Waals surface area (Å²) in [5.74, 6) is 0.937. The SMILES string of the molecule is CNC(CCCS(C)(=O)=O)C(OC)C1CC1. The number of likely N-dealkylation sites (N-methyl/N-ethyl adjacent to an activating group) is 1. The van der Waals surface area contributed by atoms with Crippen LogP contribution in [0.4, 0.5) is 0 Å². The van der Waals surface area contributed by atoms with Gasteiger partial charge in [0.1, 0.15) is 9.84 Å². The van der Waals surface area contributed by atoms with Crippen LogP contribution in [0.3, 0.4) is 0 Å². The third-order valence-corrected chi connectivity index (χ3v) is 4.19. The Labute approximate surface area is 98.7 Å². The lowest BCUT2D eigenvalue weighted by Gasteiger charge is -2.25. The van der Waals surface area contributed by atoms with E-state index in [9.17, 15) is 8.42 Å². The quantitative estimate of drug-likeness (QED) is 0.692. The van der Waals surface area contributed by atoms with Gasteiger partial charge in [0, 0.05) is 25.2 Å². The normalized spacial score (nSPS) is 20.7. The van der Waals surface area contributed by atoms with Gasteiger partial charge in [0.25, 0.3) is 0 Å². The molecule has 0 aliphatic heterocycles. The molecular formula is C11H23NO3S. The summed E-state index contributed by atoms with van der Waals surface area (Å²) in [6.07, 6.45) is 5.57. The standard InChI is InChI=1S/C11H23NO3S/c1-12-10(5-4-8-16(3,13)14)11(15-2)9-6-7-9/h9-12H,4-8H2,1-3H3. The molecule has 0 aromatic carbocycles. The monoisotopic (exact) mass is 249 g/mol. The topological polar surface area (TPSA) is 55.4 Å². The summed E-state index contributed by atoms with van der Waals surface area (Å²) < 4.78 is 27.6. The zero-order valence-electron chi connectivity index (χ0n) is 10.4. The van der Waals surface area contributed by atoms with Crippen molar-refractivity contribution in [1.29, 1.82) is 0 Å². The molecule has 1 aliphatic rings. The van der Waals surface area contributed by atoms with E-state index >= 15 is 0 Å². The first-order valence-corrected chi connectivity index (χ1v) is 7.91. The molecule has 0 saturated heterocycles. The van der Waals surface area contributed by atoms with E-state index in [1.54, 1.807) is 7.11 Å². The molecule has 0 aromatic heterocycles. The molecule has 0 spiro atoms. The molecule has 16 heavy (non-hydrogen) atoms. The first-order valence-electron chi connectivity index (χ1n) is 5.85. The molecule has 2 atom stereocenters. The van der Waals surface area contributed by atoms with Gasteiger partial charge in [0.05, 0.1) is 6.10 Å². The number of hydrogen-bond donors (Lipinski definition) is 1. The second-order valence-electron chi connectivity index (χ2n) is 4.71. The number of rotatable bonds is 8.